The summed E-state index contributed by atoms with van der Waals surface area (Å²) in [5, 5.41) is 0. The Morgan fingerprint density at radius 3 is 2.81 bits per heavy atom. The first-order valence-corrected chi connectivity index (χ1v) is 11.4. The molecule has 7 heteroatoms. The highest BCUT2D eigenvalue weighted by molar-refractivity contribution is 5.99. The van der Waals surface area contributed by atoms with Crippen molar-refractivity contribution >= 4 is 17.6 Å². The van der Waals surface area contributed by atoms with Crippen molar-refractivity contribution < 1.29 is 14.3 Å². The van der Waals surface area contributed by atoms with E-state index in [0.29, 0.717) is 19.4 Å². The predicted molar refractivity (Wildman–Crippen MR) is 123 cm³/mol. The van der Waals surface area contributed by atoms with Crippen LogP contribution < -0.4 is 9.64 Å². The van der Waals surface area contributed by atoms with E-state index in [4.69, 9.17) is 14.7 Å². The summed E-state index contributed by atoms with van der Waals surface area (Å²) in [5.74, 6) is 2.76. The molecule has 0 bridgehead atoms. The number of carbonyl (C=O) groups is 2. The molecule has 0 spiro atoms. The zero-order chi connectivity index (χ0) is 22.8. The van der Waals surface area contributed by atoms with Crippen LogP contribution >= 0.6 is 0 Å². The maximum absolute atomic E-state index is 12.9. The number of carbonyl (C=O) groups excluding carboxylic acids is 2. The standard InChI is InChI=1S/C25H32N4O3/c1-16-13-18(10-11-21(16)32-4)7-5-9-22(30)29-12-6-8-19(15-29)24-26-17(2)20-14-23(31)28(3)25(20)27-24/h10-11,13,19H,5-9,12,14-15H2,1-4H3/t19-/m0/s1. The Kier molecular flexibility index (Phi) is 6.44. The summed E-state index contributed by atoms with van der Waals surface area (Å²) < 4.78 is 5.32. The molecule has 2 aliphatic rings. The lowest BCUT2D eigenvalue weighted by molar-refractivity contribution is -0.132. The average Bonchev–Trinajstić information content (AvgIpc) is 3.08. The van der Waals surface area contributed by atoms with Crippen LogP contribution in [-0.4, -0.2) is 53.9 Å². The molecule has 2 amide bonds. The second-order valence-corrected chi connectivity index (χ2v) is 8.94. The van der Waals surface area contributed by atoms with Gasteiger partial charge in [0.25, 0.3) is 0 Å². The van der Waals surface area contributed by atoms with Crippen LogP contribution in [0.3, 0.4) is 0 Å². The molecular formula is C25H32N4O3. The highest BCUT2D eigenvalue weighted by Gasteiger charge is 2.32. The molecule has 1 saturated heterocycles. The Morgan fingerprint density at radius 2 is 2.06 bits per heavy atom. The second-order valence-electron chi connectivity index (χ2n) is 8.94. The lowest BCUT2D eigenvalue weighted by Gasteiger charge is -2.32. The molecular weight excluding hydrogens is 404 g/mol. The molecule has 32 heavy (non-hydrogen) atoms. The van der Waals surface area contributed by atoms with E-state index < -0.39 is 0 Å². The minimum Gasteiger partial charge on any atom is -0.496 e. The van der Waals surface area contributed by atoms with Gasteiger partial charge in [-0.05, 0) is 56.7 Å². The molecule has 1 aromatic carbocycles. The van der Waals surface area contributed by atoms with E-state index in [1.807, 2.05) is 24.8 Å². The van der Waals surface area contributed by atoms with Gasteiger partial charge in [-0.15, -0.1) is 0 Å². The summed E-state index contributed by atoms with van der Waals surface area (Å²) in [6.45, 7) is 5.43. The summed E-state index contributed by atoms with van der Waals surface area (Å²) in [4.78, 5) is 38.0. The van der Waals surface area contributed by atoms with Crippen molar-refractivity contribution in [1.82, 2.24) is 14.9 Å². The van der Waals surface area contributed by atoms with E-state index in [9.17, 15) is 9.59 Å². The Labute approximate surface area is 189 Å². The first kappa shape index (κ1) is 22.2. The summed E-state index contributed by atoms with van der Waals surface area (Å²) in [6.07, 6.45) is 4.53. The van der Waals surface area contributed by atoms with Crippen LogP contribution in [0.4, 0.5) is 5.82 Å². The van der Waals surface area contributed by atoms with Gasteiger partial charge in [0.1, 0.15) is 17.4 Å². The van der Waals surface area contributed by atoms with Crippen LogP contribution in [0.1, 0.15) is 59.8 Å². The maximum Gasteiger partial charge on any atom is 0.232 e. The Morgan fingerprint density at radius 1 is 1.25 bits per heavy atom. The van der Waals surface area contributed by atoms with Crippen molar-refractivity contribution in [2.75, 3.05) is 32.1 Å². The van der Waals surface area contributed by atoms with Gasteiger partial charge in [-0.3, -0.25) is 14.5 Å². The molecule has 2 aliphatic heterocycles. The lowest BCUT2D eigenvalue weighted by atomic mass is 9.96. The minimum absolute atomic E-state index is 0.0575. The molecule has 1 atom stereocenters. The van der Waals surface area contributed by atoms with Gasteiger partial charge < -0.3 is 9.64 Å². The van der Waals surface area contributed by atoms with Crippen LogP contribution in [0.2, 0.25) is 0 Å². The first-order chi connectivity index (χ1) is 15.4. The van der Waals surface area contributed by atoms with Crippen molar-refractivity contribution in [2.24, 2.45) is 0 Å². The van der Waals surface area contributed by atoms with Crippen LogP contribution in [0, 0.1) is 13.8 Å². The number of piperidine rings is 1. The van der Waals surface area contributed by atoms with Gasteiger partial charge in [0.2, 0.25) is 11.8 Å². The molecule has 7 nitrogen and oxygen atoms in total. The van der Waals surface area contributed by atoms with Crippen molar-refractivity contribution in [2.45, 2.75) is 58.3 Å². The summed E-state index contributed by atoms with van der Waals surface area (Å²) >= 11 is 0. The lowest BCUT2D eigenvalue weighted by Crippen LogP contribution is -2.39. The number of hydrogen-bond donors (Lipinski definition) is 0. The molecule has 4 rings (SSSR count). The van der Waals surface area contributed by atoms with Gasteiger partial charge in [0, 0.05) is 43.7 Å². The van der Waals surface area contributed by atoms with Crippen molar-refractivity contribution in [3.63, 3.8) is 0 Å². The van der Waals surface area contributed by atoms with E-state index in [0.717, 1.165) is 66.4 Å². The number of likely N-dealkylation sites (tertiary alicyclic amines) is 1. The number of anilines is 1. The third-order valence-corrected chi connectivity index (χ3v) is 6.68. The molecule has 170 valence electrons. The van der Waals surface area contributed by atoms with E-state index in [1.165, 1.54) is 5.56 Å². The van der Waals surface area contributed by atoms with Crippen molar-refractivity contribution in [3.05, 3.63) is 46.4 Å². The zero-order valence-corrected chi connectivity index (χ0v) is 19.5. The van der Waals surface area contributed by atoms with Crippen LogP contribution in [0.25, 0.3) is 0 Å². The monoisotopic (exact) mass is 436 g/mol. The normalized spacial score (nSPS) is 18.1. The maximum atomic E-state index is 12.9. The van der Waals surface area contributed by atoms with Gasteiger partial charge in [0.15, 0.2) is 0 Å². The molecule has 0 saturated carbocycles. The average molecular weight is 437 g/mol. The van der Waals surface area contributed by atoms with Crippen LogP contribution in [0.15, 0.2) is 18.2 Å². The first-order valence-electron chi connectivity index (χ1n) is 11.4. The number of nitrogens with zero attached hydrogens (tertiary/aromatic N) is 4. The smallest absolute Gasteiger partial charge is 0.232 e. The SMILES string of the molecule is COc1ccc(CCCC(=O)N2CCC[C@H](c3nc(C)c4c(n3)N(C)C(=O)C4)C2)cc1C. The number of aryl methyl sites for hydroxylation is 3. The highest BCUT2D eigenvalue weighted by Crippen LogP contribution is 2.32. The van der Waals surface area contributed by atoms with Gasteiger partial charge in [-0.2, -0.15) is 0 Å². The number of fused-ring (bicyclic) bond motifs is 1. The van der Waals surface area contributed by atoms with E-state index >= 15 is 0 Å². The molecule has 0 aliphatic carbocycles. The topological polar surface area (TPSA) is 75.6 Å². The third kappa shape index (κ3) is 4.47. The predicted octanol–water partition coefficient (Wildman–Crippen LogP) is 3.35. The van der Waals surface area contributed by atoms with Gasteiger partial charge in [-0.1, -0.05) is 12.1 Å². The van der Waals surface area contributed by atoms with Crippen LogP contribution in [0.5, 0.6) is 5.75 Å². The summed E-state index contributed by atoms with van der Waals surface area (Å²) in [6, 6.07) is 6.20. The third-order valence-electron chi connectivity index (χ3n) is 6.68. The zero-order valence-electron chi connectivity index (χ0n) is 19.5. The molecule has 2 aromatic rings. The van der Waals surface area contributed by atoms with Crippen molar-refractivity contribution in [1.29, 1.82) is 0 Å². The number of likely N-dealkylation sites (N-methyl/N-ethyl adjacent to an activating group) is 1. The molecule has 0 radical (unpaired) electrons. The number of hydrogen-bond acceptors (Lipinski definition) is 5. The number of aromatic nitrogens is 2. The quantitative estimate of drug-likeness (QED) is 0.694. The van der Waals surface area contributed by atoms with Gasteiger partial charge in [0.05, 0.1) is 13.5 Å². The number of rotatable bonds is 6. The fourth-order valence-corrected chi connectivity index (χ4v) is 4.77. The van der Waals surface area contributed by atoms with Crippen LogP contribution in [-0.2, 0) is 22.4 Å². The molecule has 0 unspecified atom stereocenters. The minimum atomic E-state index is 0.0575. The van der Waals surface area contributed by atoms with E-state index in [2.05, 4.69) is 12.1 Å². The van der Waals surface area contributed by atoms with Gasteiger partial charge in [-0.25, -0.2) is 9.97 Å². The Balaban J connectivity index is 1.36. The number of benzene rings is 1. The fraction of sp³-hybridized carbons (Fsp3) is 0.520. The molecule has 1 fully saturated rings. The molecule has 1 aromatic heterocycles. The largest absolute Gasteiger partial charge is 0.496 e. The van der Waals surface area contributed by atoms with E-state index in [-0.39, 0.29) is 17.7 Å². The van der Waals surface area contributed by atoms with Gasteiger partial charge >= 0.3 is 0 Å². The highest BCUT2D eigenvalue weighted by atomic mass is 16.5. The number of methoxy groups -OCH3 is 1. The molecule has 3 heterocycles. The molecule has 0 N–H and O–H groups in total. The van der Waals surface area contributed by atoms with E-state index in [1.54, 1.807) is 19.1 Å². The number of ether oxygens (including phenoxy) is 1. The second kappa shape index (κ2) is 9.27. The van der Waals surface area contributed by atoms with Crippen molar-refractivity contribution in [3.8, 4) is 5.75 Å². The number of amides is 2. The summed E-state index contributed by atoms with van der Waals surface area (Å²) in [7, 11) is 3.45. The Bertz CT molecular complexity index is 1040. The summed E-state index contributed by atoms with van der Waals surface area (Å²) in [5.41, 5.74) is 4.15. The Hall–Kier alpha value is -2.96. The fourth-order valence-electron chi connectivity index (χ4n) is 4.77.